The van der Waals surface area contributed by atoms with Crippen molar-refractivity contribution in [3.05, 3.63) is 47.8 Å². The summed E-state index contributed by atoms with van der Waals surface area (Å²) < 4.78 is 0. The second-order valence-corrected chi connectivity index (χ2v) is 4.41. The molecule has 4 heteroatoms. The average molecular weight is 228 g/mol. The molecule has 1 aliphatic carbocycles. The van der Waals surface area contributed by atoms with E-state index in [1.54, 1.807) is 6.20 Å². The van der Waals surface area contributed by atoms with E-state index in [0.717, 1.165) is 25.2 Å². The summed E-state index contributed by atoms with van der Waals surface area (Å²) in [4.78, 5) is 11.8. The first kappa shape index (κ1) is 10.5. The Bertz CT molecular complexity index is 478. The van der Waals surface area contributed by atoms with Gasteiger partial charge in [0.2, 0.25) is 0 Å². The minimum Gasteiger partial charge on any atom is -0.348 e. The molecule has 0 amide bonds. The lowest BCUT2D eigenvalue weighted by molar-refractivity contribution is 0.443. The molecule has 3 rings (SSSR count). The fourth-order valence-corrected chi connectivity index (χ4v) is 2.42. The van der Waals surface area contributed by atoms with Crippen molar-refractivity contribution < 1.29 is 0 Å². The third-order valence-corrected chi connectivity index (χ3v) is 3.27. The number of aromatic nitrogens is 3. The van der Waals surface area contributed by atoms with Crippen LogP contribution in [0.4, 0.5) is 0 Å². The van der Waals surface area contributed by atoms with E-state index in [9.17, 15) is 0 Å². The molecule has 0 fully saturated rings. The molecular formula is C13H16N4. The maximum Gasteiger partial charge on any atom is 0.120 e. The van der Waals surface area contributed by atoms with E-state index in [4.69, 9.17) is 0 Å². The number of aryl methyl sites for hydroxylation is 1. The number of nitrogens with zero attached hydrogens (tertiary/aromatic N) is 2. The maximum absolute atomic E-state index is 4.51. The topological polar surface area (TPSA) is 53.6 Å². The standard InChI is InChI=1S/C13H16N4/c1-3-10-4-2-6-16-13(10)11(5-1)17-9-12-14-7-8-15-12/h2,4,6-8,11,17H,1,3,5,9H2,(H,14,15). The highest BCUT2D eigenvalue weighted by molar-refractivity contribution is 5.25. The summed E-state index contributed by atoms with van der Waals surface area (Å²) in [5.74, 6) is 0.980. The number of aromatic amines is 1. The number of pyridine rings is 1. The summed E-state index contributed by atoms with van der Waals surface area (Å²) in [7, 11) is 0. The Morgan fingerprint density at radius 2 is 2.35 bits per heavy atom. The third-order valence-electron chi connectivity index (χ3n) is 3.27. The number of hydrogen-bond acceptors (Lipinski definition) is 3. The SMILES string of the molecule is c1cnc2c(c1)CCCC2NCc1ncc[nH]1. The van der Waals surface area contributed by atoms with Gasteiger partial charge in [-0.1, -0.05) is 6.07 Å². The summed E-state index contributed by atoms with van der Waals surface area (Å²) in [5, 5.41) is 3.52. The molecule has 2 N–H and O–H groups in total. The van der Waals surface area contributed by atoms with Gasteiger partial charge in [0.25, 0.3) is 0 Å². The Morgan fingerprint density at radius 1 is 1.35 bits per heavy atom. The van der Waals surface area contributed by atoms with Crippen LogP contribution >= 0.6 is 0 Å². The van der Waals surface area contributed by atoms with Crippen molar-refractivity contribution in [3.63, 3.8) is 0 Å². The summed E-state index contributed by atoms with van der Waals surface area (Å²) in [6.07, 6.45) is 9.06. The van der Waals surface area contributed by atoms with Crippen LogP contribution in [0.15, 0.2) is 30.7 Å². The van der Waals surface area contributed by atoms with Crippen LogP contribution in [0.5, 0.6) is 0 Å². The number of nitrogens with one attached hydrogen (secondary N) is 2. The zero-order chi connectivity index (χ0) is 11.5. The highest BCUT2D eigenvalue weighted by Crippen LogP contribution is 2.27. The van der Waals surface area contributed by atoms with E-state index in [-0.39, 0.29) is 0 Å². The second kappa shape index (κ2) is 4.67. The molecule has 0 aromatic carbocycles. The quantitative estimate of drug-likeness (QED) is 0.844. The molecule has 0 saturated carbocycles. The molecule has 0 saturated heterocycles. The van der Waals surface area contributed by atoms with Crippen molar-refractivity contribution in [2.45, 2.75) is 31.8 Å². The number of imidazole rings is 1. The number of fused-ring (bicyclic) bond motifs is 1. The van der Waals surface area contributed by atoms with Crippen molar-refractivity contribution >= 4 is 0 Å². The zero-order valence-corrected chi connectivity index (χ0v) is 9.69. The van der Waals surface area contributed by atoms with Gasteiger partial charge in [-0.3, -0.25) is 4.98 Å². The molecule has 1 unspecified atom stereocenters. The number of hydrogen-bond donors (Lipinski definition) is 2. The first-order valence-corrected chi connectivity index (χ1v) is 6.09. The van der Waals surface area contributed by atoms with Crippen LogP contribution in [0.3, 0.4) is 0 Å². The third kappa shape index (κ3) is 2.22. The Balaban J connectivity index is 1.72. The molecule has 1 aliphatic rings. The second-order valence-electron chi connectivity index (χ2n) is 4.41. The molecule has 88 valence electrons. The molecule has 1 atom stereocenters. The van der Waals surface area contributed by atoms with Gasteiger partial charge in [-0.2, -0.15) is 0 Å². The predicted octanol–water partition coefficient (Wildman–Crippen LogP) is 1.97. The molecular weight excluding hydrogens is 212 g/mol. The Morgan fingerprint density at radius 3 is 3.24 bits per heavy atom. The van der Waals surface area contributed by atoms with Crippen molar-refractivity contribution in [1.82, 2.24) is 20.3 Å². The van der Waals surface area contributed by atoms with Gasteiger partial charge in [0.05, 0.1) is 18.3 Å². The van der Waals surface area contributed by atoms with E-state index < -0.39 is 0 Å². The molecule has 0 radical (unpaired) electrons. The lowest BCUT2D eigenvalue weighted by Crippen LogP contribution is -2.26. The number of rotatable bonds is 3. The molecule has 2 aromatic heterocycles. The van der Waals surface area contributed by atoms with Gasteiger partial charge in [-0.15, -0.1) is 0 Å². The van der Waals surface area contributed by atoms with Crippen LogP contribution in [0.1, 0.15) is 36.0 Å². The highest BCUT2D eigenvalue weighted by atomic mass is 15.0. The van der Waals surface area contributed by atoms with Crippen LogP contribution in [0.25, 0.3) is 0 Å². The Hall–Kier alpha value is -1.68. The van der Waals surface area contributed by atoms with Gasteiger partial charge in [-0.05, 0) is 30.9 Å². The molecule has 4 nitrogen and oxygen atoms in total. The van der Waals surface area contributed by atoms with Gasteiger partial charge in [0.15, 0.2) is 0 Å². The summed E-state index contributed by atoms with van der Waals surface area (Å²) in [5.41, 5.74) is 2.60. The summed E-state index contributed by atoms with van der Waals surface area (Å²) in [6, 6.07) is 4.57. The minimum absolute atomic E-state index is 0.366. The monoisotopic (exact) mass is 228 g/mol. The van der Waals surface area contributed by atoms with Gasteiger partial charge in [0, 0.05) is 18.6 Å². The molecule has 0 aliphatic heterocycles. The minimum atomic E-state index is 0.366. The highest BCUT2D eigenvalue weighted by Gasteiger charge is 2.20. The molecule has 0 bridgehead atoms. The largest absolute Gasteiger partial charge is 0.348 e. The van der Waals surface area contributed by atoms with Gasteiger partial charge in [-0.25, -0.2) is 4.98 Å². The van der Waals surface area contributed by atoms with Crippen LogP contribution in [0.2, 0.25) is 0 Å². The van der Waals surface area contributed by atoms with Crippen molar-refractivity contribution in [3.8, 4) is 0 Å². The predicted molar refractivity (Wildman–Crippen MR) is 65.3 cm³/mol. The lowest BCUT2D eigenvalue weighted by Gasteiger charge is -2.24. The molecule has 2 aromatic rings. The Kier molecular flexibility index (Phi) is 2.88. The van der Waals surface area contributed by atoms with E-state index in [1.807, 2.05) is 18.5 Å². The van der Waals surface area contributed by atoms with E-state index in [2.05, 4.69) is 26.3 Å². The fraction of sp³-hybridized carbons (Fsp3) is 0.385. The first-order chi connectivity index (χ1) is 8.43. The van der Waals surface area contributed by atoms with Crippen LogP contribution in [-0.2, 0) is 13.0 Å². The number of H-pyrrole nitrogens is 1. The van der Waals surface area contributed by atoms with Crippen LogP contribution < -0.4 is 5.32 Å². The summed E-state index contributed by atoms with van der Waals surface area (Å²) >= 11 is 0. The average Bonchev–Trinajstić information content (AvgIpc) is 2.89. The Labute approximate surface area is 101 Å². The lowest BCUT2D eigenvalue weighted by atomic mass is 9.92. The zero-order valence-electron chi connectivity index (χ0n) is 9.69. The van der Waals surface area contributed by atoms with Gasteiger partial charge >= 0.3 is 0 Å². The van der Waals surface area contributed by atoms with Crippen molar-refractivity contribution in [2.24, 2.45) is 0 Å². The fourth-order valence-electron chi connectivity index (χ4n) is 2.42. The van der Waals surface area contributed by atoms with Gasteiger partial charge in [0.1, 0.15) is 5.82 Å². The summed E-state index contributed by atoms with van der Waals surface area (Å²) in [6.45, 7) is 0.772. The van der Waals surface area contributed by atoms with E-state index >= 15 is 0 Å². The van der Waals surface area contributed by atoms with Crippen LogP contribution in [-0.4, -0.2) is 15.0 Å². The smallest absolute Gasteiger partial charge is 0.120 e. The first-order valence-electron chi connectivity index (χ1n) is 6.09. The normalized spacial score (nSPS) is 18.9. The van der Waals surface area contributed by atoms with Crippen LogP contribution in [0, 0.1) is 0 Å². The van der Waals surface area contributed by atoms with Gasteiger partial charge < -0.3 is 10.3 Å². The van der Waals surface area contributed by atoms with E-state index in [0.29, 0.717) is 6.04 Å². The van der Waals surface area contributed by atoms with Crippen molar-refractivity contribution in [1.29, 1.82) is 0 Å². The molecule has 0 spiro atoms. The van der Waals surface area contributed by atoms with E-state index in [1.165, 1.54) is 17.7 Å². The molecule has 17 heavy (non-hydrogen) atoms. The van der Waals surface area contributed by atoms with Crippen molar-refractivity contribution in [2.75, 3.05) is 0 Å². The molecule has 2 heterocycles. The maximum atomic E-state index is 4.51.